The fourth-order valence-electron chi connectivity index (χ4n) is 0.759. The molecule has 0 bridgehead atoms. The monoisotopic (exact) mass is 289 g/mol. The molecule has 0 aromatic carbocycles. The van der Waals surface area contributed by atoms with Gasteiger partial charge in [0.05, 0.1) is 7.11 Å². The van der Waals surface area contributed by atoms with E-state index in [0.29, 0.717) is 11.0 Å². The summed E-state index contributed by atoms with van der Waals surface area (Å²) >= 11 is 0. The summed E-state index contributed by atoms with van der Waals surface area (Å²) in [4.78, 5) is 32.0. The number of methoxy groups -OCH3 is 1. The first-order chi connectivity index (χ1) is 8.35. The summed E-state index contributed by atoms with van der Waals surface area (Å²) in [5.41, 5.74) is 0. The normalized spacial score (nSPS) is 12.8. The molecule has 0 fully saturated rings. The van der Waals surface area contributed by atoms with Crippen molar-refractivity contribution in [1.82, 2.24) is 4.90 Å². The second-order valence-electron chi connectivity index (χ2n) is 2.94. The molecule has 0 aliphatic carbocycles. The van der Waals surface area contributed by atoms with Crippen LogP contribution in [0.25, 0.3) is 0 Å². The Balaban J connectivity index is 0. The molecule has 0 saturated heterocycles. The number of amides is 1. The molecule has 0 aromatic heterocycles. The molecule has 0 spiro atoms. The number of aldehydes is 1. The van der Waals surface area contributed by atoms with Gasteiger partial charge in [-0.3, -0.25) is 9.69 Å². The van der Waals surface area contributed by atoms with Crippen LogP contribution in [0.15, 0.2) is 24.6 Å². The van der Waals surface area contributed by atoms with Crippen molar-refractivity contribution in [3.63, 3.8) is 0 Å². The van der Waals surface area contributed by atoms with Crippen molar-refractivity contribution < 1.29 is 32.3 Å². The van der Waals surface area contributed by atoms with E-state index in [1.807, 2.05) is 0 Å². The van der Waals surface area contributed by atoms with Crippen LogP contribution in [0.5, 0.6) is 0 Å². The van der Waals surface area contributed by atoms with Crippen molar-refractivity contribution in [3.05, 3.63) is 24.6 Å². The molecule has 1 atom stereocenters. The molecule has 9 heteroatoms. The first-order valence-electron chi connectivity index (χ1n) is 4.54. The number of hydrogen-bond acceptors (Lipinski definition) is 4. The van der Waals surface area contributed by atoms with E-state index in [0.717, 1.165) is 25.6 Å². The maximum absolute atomic E-state index is 12.2. The topological polar surface area (TPSA) is 63.7 Å². The zero-order chi connectivity index (χ0) is 14.2. The number of rotatable bonds is 6. The number of carbonyl (C=O) groups excluding carboxylic acids is 3. The molecule has 0 aromatic rings. The van der Waals surface area contributed by atoms with Crippen LogP contribution in [0.2, 0.25) is 0 Å². The summed E-state index contributed by atoms with van der Waals surface area (Å²) in [7, 11) is 1.10. The number of ether oxygens (including phenoxy) is 1. The second-order valence-corrected chi connectivity index (χ2v) is 2.94. The van der Waals surface area contributed by atoms with E-state index < -0.39 is 18.1 Å². The van der Waals surface area contributed by atoms with Crippen LogP contribution in [0.4, 0.5) is 13.2 Å². The van der Waals surface area contributed by atoms with E-state index in [1.165, 1.54) is 0 Å². The third-order valence-corrected chi connectivity index (χ3v) is 1.70. The molecule has 0 N–H and O–H groups in total. The van der Waals surface area contributed by atoms with Gasteiger partial charge in [-0.1, -0.05) is 0 Å². The van der Waals surface area contributed by atoms with Gasteiger partial charge in [0.15, 0.2) is 0 Å². The summed E-state index contributed by atoms with van der Waals surface area (Å²) in [6.07, 6.45) is -1.92. The first-order valence-corrected chi connectivity index (χ1v) is 4.54. The second kappa shape index (κ2) is 9.76. The fraction of sp³-hybridized carbons (Fsp3) is 0.300. The van der Waals surface area contributed by atoms with Gasteiger partial charge in [0, 0.05) is 18.5 Å². The van der Waals surface area contributed by atoms with Crippen molar-refractivity contribution in [2.24, 2.45) is 5.92 Å². The van der Waals surface area contributed by atoms with Crippen LogP contribution in [-0.2, 0) is 19.1 Å². The van der Waals surface area contributed by atoms with Gasteiger partial charge >= 0.3 is 41.7 Å². The molecule has 0 saturated carbocycles. The Hall–Kier alpha value is -1.12. The van der Waals surface area contributed by atoms with Gasteiger partial charge < -0.3 is 9.53 Å². The van der Waals surface area contributed by atoms with E-state index in [9.17, 15) is 27.6 Å². The van der Waals surface area contributed by atoms with Crippen LogP contribution in [0, 0.1) is 5.92 Å². The molecule has 102 valence electrons. The third-order valence-electron chi connectivity index (χ3n) is 1.70. The van der Waals surface area contributed by atoms with Gasteiger partial charge in [-0.25, -0.2) is 4.79 Å². The van der Waals surface area contributed by atoms with Crippen molar-refractivity contribution in [2.75, 3.05) is 7.11 Å². The molecule has 1 amide bonds. The molecule has 0 radical (unpaired) electrons. The third kappa shape index (κ3) is 8.57. The predicted molar refractivity (Wildman–Crippen MR) is 61.0 cm³/mol. The molecule has 0 aliphatic heterocycles. The molecule has 0 aliphatic rings. The van der Waals surface area contributed by atoms with Crippen molar-refractivity contribution in [1.29, 1.82) is 0 Å². The van der Waals surface area contributed by atoms with E-state index in [-0.39, 0.29) is 42.3 Å². The number of allylic oxidation sites excluding steroid dienone is 1. The minimum atomic E-state index is -4.72. The summed E-state index contributed by atoms with van der Waals surface area (Å²) in [5.74, 6) is -3.09. The Morgan fingerprint density at radius 3 is 2.21 bits per heavy atom. The SMILES string of the molecule is COC(=O)C=CN(C=O)C=CC(C=O)C(F)(F)F.[NaH]. The predicted octanol–water partition coefficient (Wildman–Crippen LogP) is 0.374. The summed E-state index contributed by atoms with van der Waals surface area (Å²) in [6.45, 7) is 0. The van der Waals surface area contributed by atoms with Gasteiger partial charge in [0.1, 0.15) is 12.2 Å². The van der Waals surface area contributed by atoms with E-state index >= 15 is 0 Å². The summed E-state index contributed by atoms with van der Waals surface area (Å²) in [6, 6.07) is 0. The quantitative estimate of drug-likeness (QED) is 0.307. The van der Waals surface area contributed by atoms with Gasteiger partial charge in [-0.15, -0.1) is 0 Å². The molecule has 0 heterocycles. The standard InChI is InChI=1S/C10H10F3NO4.Na.H/c1-18-9(17)3-5-14(7-16)4-2-8(6-15)10(11,12)13;;/h2-8H,1H3;;. The summed E-state index contributed by atoms with van der Waals surface area (Å²) < 4.78 is 40.7. The Morgan fingerprint density at radius 1 is 1.26 bits per heavy atom. The van der Waals surface area contributed by atoms with Crippen LogP contribution >= 0.6 is 0 Å². The minimum absolute atomic E-state index is 0. The Bertz CT molecular complexity index is 368. The number of halogens is 3. The average molecular weight is 289 g/mol. The fourth-order valence-corrected chi connectivity index (χ4v) is 0.759. The Labute approximate surface area is 129 Å². The molecular formula is C10H11F3NNaO4. The molecular weight excluding hydrogens is 278 g/mol. The van der Waals surface area contributed by atoms with Crippen LogP contribution in [0.3, 0.4) is 0 Å². The molecule has 5 nitrogen and oxygen atoms in total. The first kappa shape index (κ1) is 20.2. The molecule has 19 heavy (non-hydrogen) atoms. The zero-order valence-electron chi connectivity index (χ0n) is 9.26. The van der Waals surface area contributed by atoms with Gasteiger partial charge in [0.25, 0.3) is 0 Å². The van der Waals surface area contributed by atoms with Crippen molar-refractivity contribution in [2.45, 2.75) is 6.18 Å². The maximum atomic E-state index is 12.2. The number of carbonyl (C=O) groups is 3. The average Bonchev–Trinajstić information content (AvgIpc) is 2.31. The molecule has 0 rings (SSSR count). The zero-order valence-corrected chi connectivity index (χ0v) is 9.26. The van der Waals surface area contributed by atoms with Gasteiger partial charge in [-0.05, 0) is 6.08 Å². The van der Waals surface area contributed by atoms with Crippen LogP contribution in [0.1, 0.15) is 0 Å². The van der Waals surface area contributed by atoms with Crippen LogP contribution < -0.4 is 0 Å². The Morgan fingerprint density at radius 2 is 1.84 bits per heavy atom. The number of alkyl halides is 3. The van der Waals surface area contributed by atoms with Gasteiger partial charge in [-0.2, -0.15) is 13.2 Å². The number of esters is 1. The van der Waals surface area contributed by atoms with Crippen LogP contribution in [-0.4, -0.2) is 66.4 Å². The van der Waals surface area contributed by atoms with Gasteiger partial charge in [0.2, 0.25) is 6.41 Å². The number of hydrogen-bond donors (Lipinski definition) is 0. The van der Waals surface area contributed by atoms with Crippen molar-refractivity contribution in [3.8, 4) is 0 Å². The molecule has 1 unspecified atom stereocenters. The van der Waals surface area contributed by atoms with E-state index in [2.05, 4.69) is 4.74 Å². The number of nitrogens with zero attached hydrogens (tertiary/aromatic N) is 1. The van der Waals surface area contributed by atoms with E-state index in [1.54, 1.807) is 0 Å². The van der Waals surface area contributed by atoms with E-state index in [4.69, 9.17) is 0 Å². The Kier molecular flexibility index (Phi) is 10.4. The summed E-state index contributed by atoms with van der Waals surface area (Å²) in [5, 5.41) is 0. The van der Waals surface area contributed by atoms with Crippen molar-refractivity contribution >= 4 is 48.2 Å².